The maximum absolute atomic E-state index is 13.2. The number of aromatic nitrogens is 3. The van der Waals surface area contributed by atoms with Gasteiger partial charge in [-0.25, -0.2) is 19.3 Å². The molecule has 0 unspecified atom stereocenters. The third-order valence-electron chi connectivity index (χ3n) is 5.04. The molecule has 0 spiro atoms. The first-order valence-electron chi connectivity index (χ1n) is 10.9. The van der Waals surface area contributed by atoms with Gasteiger partial charge in [0.05, 0.1) is 22.8 Å². The van der Waals surface area contributed by atoms with E-state index in [1.54, 1.807) is 41.2 Å². The van der Waals surface area contributed by atoms with E-state index in [-0.39, 0.29) is 6.03 Å². The Morgan fingerprint density at radius 2 is 1.85 bits per heavy atom. The molecule has 2 heterocycles. The second-order valence-electron chi connectivity index (χ2n) is 7.42. The summed E-state index contributed by atoms with van der Waals surface area (Å²) in [7, 11) is 0. The van der Waals surface area contributed by atoms with Crippen molar-refractivity contribution in [2.45, 2.75) is 26.8 Å². The zero-order chi connectivity index (χ0) is 23.2. The van der Waals surface area contributed by atoms with Crippen LogP contribution < -0.4 is 15.4 Å². The van der Waals surface area contributed by atoms with Crippen LogP contribution in [0.25, 0.3) is 22.3 Å². The van der Waals surface area contributed by atoms with Crippen LogP contribution in [-0.4, -0.2) is 33.3 Å². The van der Waals surface area contributed by atoms with E-state index in [2.05, 4.69) is 15.7 Å². The average molecular weight is 444 g/mol. The molecule has 0 atom stereocenters. The summed E-state index contributed by atoms with van der Waals surface area (Å²) in [6.07, 6.45) is 2.47. The number of urea groups is 1. The fourth-order valence-electron chi connectivity index (χ4n) is 3.42. The zero-order valence-electron chi connectivity index (χ0n) is 18.5. The predicted molar refractivity (Wildman–Crippen MR) is 127 cm³/mol. The molecule has 0 aliphatic heterocycles. The normalized spacial score (nSPS) is 10.7. The van der Waals surface area contributed by atoms with Crippen LogP contribution in [0.15, 0.2) is 66.9 Å². The van der Waals surface area contributed by atoms with Gasteiger partial charge in [0.15, 0.2) is 5.65 Å². The number of aryl methyl sites for hydroxylation is 1. The molecule has 0 aliphatic rings. The molecule has 0 bridgehead atoms. The molecule has 4 aromatic rings. The summed E-state index contributed by atoms with van der Waals surface area (Å²) in [6.45, 7) is 5.14. The number of carbonyl (C=O) groups excluding carboxylic acids is 2. The van der Waals surface area contributed by atoms with Gasteiger partial charge in [-0.05, 0) is 31.5 Å². The van der Waals surface area contributed by atoms with Crippen LogP contribution >= 0.6 is 0 Å². The van der Waals surface area contributed by atoms with E-state index >= 15 is 0 Å². The molecule has 2 amide bonds. The number of nitrogens with one attached hydrogen (secondary N) is 2. The van der Waals surface area contributed by atoms with Gasteiger partial charge in [0.1, 0.15) is 5.75 Å². The van der Waals surface area contributed by atoms with Crippen molar-refractivity contribution in [1.29, 1.82) is 0 Å². The van der Waals surface area contributed by atoms with Crippen molar-refractivity contribution in [3.63, 3.8) is 0 Å². The predicted octanol–water partition coefficient (Wildman–Crippen LogP) is 4.87. The number of ether oxygens (including phenoxy) is 1. The van der Waals surface area contributed by atoms with Gasteiger partial charge < -0.3 is 15.4 Å². The largest absolute Gasteiger partial charge is 0.423 e. The number of anilines is 1. The average Bonchev–Trinajstić information content (AvgIpc) is 3.26. The molecule has 0 saturated heterocycles. The van der Waals surface area contributed by atoms with Crippen LogP contribution in [0.2, 0.25) is 0 Å². The smallest absolute Gasteiger partial charge is 0.344 e. The Hall–Kier alpha value is -4.20. The van der Waals surface area contributed by atoms with Gasteiger partial charge in [0.2, 0.25) is 0 Å². The van der Waals surface area contributed by atoms with Crippen molar-refractivity contribution in [3.8, 4) is 17.0 Å². The lowest BCUT2D eigenvalue weighted by molar-refractivity contribution is 0.0737. The standard InChI is InChI=1S/C25H25N5O3/c1-3-13-26-25(32)28-18-11-8-12-19(14-18)33-24(31)20-15-22(17-9-6-5-7-10-17)29-23-21(20)16-27-30(23)4-2/h5-12,14-16H,3-4,13H2,1-2H3,(H2,26,28,32). The van der Waals surface area contributed by atoms with E-state index in [1.807, 2.05) is 44.2 Å². The summed E-state index contributed by atoms with van der Waals surface area (Å²) in [6, 6.07) is 17.8. The Morgan fingerprint density at radius 1 is 1.03 bits per heavy atom. The third-order valence-corrected chi connectivity index (χ3v) is 5.04. The Morgan fingerprint density at radius 3 is 2.61 bits per heavy atom. The molecule has 8 heteroatoms. The first kappa shape index (κ1) is 22.0. The summed E-state index contributed by atoms with van der Waals surface area (Å²) >= 11 is 0. The highest BCUT2D eigenvalue weighted by atomic mass is 16.5. The lowest BCUT2D eigenvalue weighted by Crippen LogP contribution is -2.29. The van der Waals surface area contributed by atoms with Crippen LogP contribution in [0, 0.1) is 0 Å². The summed E-state index contributed by atoms with van der Waals surface area (Å²) < 4.78 is 7.42. The minimum absolute atomic E-state index is 0.310. The number of amides is 2. The SMILES string of the molecule is CCCNC(=O)Nc1cccc(OC(=O)c2cc(-c3ccccc3)nc3c2cnn3CC)c1. The Labute approximate surface area is 191 Å². The Balaban J connectivity index is 1.64. The van der Waals surface area contributed by atoms with Crippen LogP contribution in [-0.2, 0) is 6.54 Å². The fraction of sp³-hybridized carbons (Fsp3) is 0.200. The highest BCUT2D eigenvalue weighted by molar-refractivity contribution is 6.04. The minimum atomic E-state index is -0.525. The topological polar surface area (TPSA) is 98.1 Å². The van der Waals surface area contributed by atoms with E-state index in [4.69, 9.17) is 9.72 Å². The number of rotatable bonds is 7. The maximum atomic E-state index is 13.2. The number of esters is 1. The number of nitrogens with zero attached hydrogens (tertiary/aromatic N) is 3. The molecule has 0 radical (unpaired) electrons. The summed E-state index contributed by atoms with van der Waals surface area (Å²) in [5, 5.41) is 10.5. The molecule has 0 saturated carbocycles. The van der Waals surface area contributed by atoms with E-state index < -0.39 is 5.97 Å². The van der Waals surface area contributed by atoms with Gasteiger partial charge in [0, 0.05) is 30.4 Å². The third kappa shape index (κ3) is 5.01. The molecule has 2 aromatic heterocycles. The van der Waals surface area contributed by atoms with Crippen molar-refractivity contribution in [3.05, 3.63) is 72.4 Å². The maximum Gasteiger partial charge on any atom is 0.344 e. The molecular weight excluding hydrogens is 418 g/mol. The molecule has 4 rings (SSSR count). The second kappa shape index (κ2) is 9.95. The van der Waals surface area contributed by atoms with Gasteiger partial charge >= 0.3 is 12.0 Å². The summed E-state index contributed by atoms with van der Waals surface area (Å²) in [5.41, 5.74) is 3.07. The van der Waals surface area contributed by atoms with Crippen molar-refractivity contribution >= 4 is 28.7 Å². The van der Waals surface area contributed by atoms with Gasteiger partial charge in [-0.15, -0.1) is 0 Å². The number of pyridine rings is 1. The monoisotopic (exact) mass is 443 g/mol. The Bertz CT molecular complexity index is 1280. The van der Waals surface area contributed by atoms with E-state index in [1.165, 1.54) is 0 Å². The highest BCUT2D eigenvalue weighted by Gasteiger charge is 2.19. The minimum Gasteiger partial charge on any atom is -0.423 e. The fourth-order valence-corrected chi connectivity index (χ4v) is 3.42. The first-order chi connectivity index (χ1) is 16.1. The van der Waals surface area contributed by atoms with Gasteiger partial charge in [-0.2, -0.15) is 5.10 Å². The van der Waals surface area contributed by atoms with Crippen molar-refractivity contribution < 1.29 is 14.3 Å². The van der Waals surface area contributed by atoms with Crippen LogP contribution in [0.4, 0.5) is 10.5 Å². The van der Waals surface area contributed by atoms with Crippen LogP contribution in [0.3, 0.4) is 0 Å². The summed E-state index contributed by atoms with van der Waals surface area (Å²) in [4.78, 5) is 29.9. The zero-order valence-corrected chi connectivity index (χ0v) is 18.5. The number of carbonyl (C=O) groups is 2. The molecule has 2 aromatic carbocycles. The number of hydrogen-bond acceptors (Lipinski definition) is 5. The van der Waals surface area contributed by atoms with Crippen LogP contribution in [0.5, 0.6) is 5.75 Å². The lowest BCUT2D eigenvalue weighted by atomic mass is 10.1. The highest BCUT2D eigenvalue weighted by Crippen LogP contribution is 2.26. The van der Waals surface area contributed by atoms with Crippen molar-refractivity contribution in [2.75, 3.05) is 11.9 Å². The molecular formula is C25H25N5O3. The quantitative estimate of drug-likeness (QED) is 0.314. The molecule has 168 valence electrons. The first-order valence-corrected chi connectivity index (χ1v) is 10.9. The Kier molecular flexibility index (Phi) is 6.64. The number of benzene rings is 2. The molecule has 2 N–H and O–H groups in total. The van der Waals surface area contributed by atoms with Gasteiger partial charge in [-0.3, -0.25) is 0 Å². The molecule has 0 aliphatic carbocycles. The molecule has 33 heavy (non-hydrogen) atoms. The lowest BCUT2D eigenvalue weighted by Gasteiger charge is -2.10. The number of hydrogen-bond donors (Lipinski definition) is 2. The molecule has 8 nitrogen and oxygen atoms in total. The second-order valence-corrected chi connectivity index (χ2v) is 7.42. The van der Waals surface area contributed by atoms with Gasteiger partial charge in [-0.1, -0.05) is 43.3 Å². The molecule has 0 fully saturated rings. The van der Waals surface area contributed by atoms with Crippen molar-refractivity contribution in [1.82, 2.24) is 20.1 Å². The van der Waals surface area contributed by atoms with E-state index in [0.717, 1.165) is 12.0 Å². The summed E-state index contributed by atoms with van der Waals surface area (Å²) in [5.74, 6) is -0.204. The van der Waals surface area contributed by atoms with Gasteiger partial charge in [0.25, 0.3) is 0 Å². The van der Waals surface area contributed by atoms with E-state index in [0.29, 0.717) is 46.8 Å². The number of fused-ring (bicyclic) bond motifs is 1. The van der Waals surface area contributed by atoms with E-state index in [9.17, 15) is 9.59 Å². The van der Waals surface area contributed by atoms with Crippen LogP contribution in [0.1, 0.15) is 30.6 Å². The van der Waals surface area contributed by atoms with Crippen molar-refractivity contribution in [2.24, 2.45) is 0 Å².